The van der Waals surface area contributed by atoms with Crippen molar-refractivity contribution >= 4 is 0 Å². The van der Waals surface area contributed by atoms with Crippen LogP contribution < -0.4 is 0 Å². The lowest BCUT2D eigenvalue weighted by molar-refractivity contribution is -0.873. The van der Waals surface area contributed by atoms with Crippen LogP contribution in [0.4, 0.5) is 0 Å². The molecule has 0 saturated carbocycles. The number of rotatable bonds is 6. The SMILES string of the molecule is CC1(C(O)OCC(O)C[N+](C)(C)C)O[C@](C)(O)C(C)(O)[C@](C)(O)[C@@]1(C)O. The molecule has 1 rings (SSSR count). The zero-order valence-electron chi connectivity index (χ0n) is 17.0. The third kappa shape index (κ3) is 3.65. The lowest BCUT2D eigenvalue weighted by atomic mass is 9.60. The quantitative estimate of drug-likeness (QED) is 0.232. The van der Waals surface area contributed by atoms with Crippen LogP contribution in [0.3, 0.4) is 0 Å². The molecule has 9 nitrogen and oxygen atoms in total. The van der Waals surface area contributed by atoms with E-state index in [0.29, 0.717) is 11.0 Å². The summed E-state index contributed by atoms with van der Waals surface area (Å²) in [5.41, 5.74) is -8.78. The summed E-state index contributed by atoms with van der Waals surface area (Å²) in [7, 11) is 5.64. The predicted molar refractivity (Wildman–Crippen MR) is 92.9 cm³/mol. The maximum atomic E-state index is 11.0. The van der Waals surface area contributed by atoms with Gasteiger partial charge in [-0.3, -0.25) is 0 Å². The second-order valence-corrected chi connectivity index (χ2v) is 9.22. The van der Waals surface area contributed by atoms with Crippen LogP contribution in [-0.2, 0) is 9.47 Å². The number of hydrogen-bond donors (Lipinski definition) is 6. The number of quaternary nitrogens is 1. The first-order valence-corrected chi connectivity index (χ1v) is 8.61. The fourth-order valence-electron chi connectivity index (χ4n) is 3.36. The van der Waals surface area contributed by atoms with Crippen molar-refractivity contribution in [2.24, 2.45) is 0 Å². The molecule has 0 amide bonds. The van der Waals surface area contributed by atoms with Gasteiger partial charge in [-0.2, -0.15) is 0 Å². The summed E-state index contributed by atoms with van der Waals surface area (Å²) in [6.07, 6.45) is -2.71. The van der Waals surface area contributed by atoms with Crippen molar-refractivity contribution in [2.75, 3.05) is 34.3 Å². The molecule has 0 bridgehead atoms. The smallest absolute Gasteiger partial charge is 0.195 e. The Hall–Kier alpha value is -0.360. The van der Waals surface area contributed by atoms with Gasteiger partial charge in [-0.05, 0) is 34.6 Å². The highest BCUT2D eigenvalue weighted by atomic mass is 16.7. The summed E-state index contributed by atoms with van der Waals surface area (Å²) in [5, 5.41) is 63.4. The molecule has 0 aromatic heterocycles. The lowest BCUT2D eigenvalue weighted by Gasteiger charge is -2.64. The van der Waals surface area contributed by atoms with Gasteiger partial charge in [0.1, 0.15) is 29.5 Å². The average molecular weight is 382 g/mol. The molecule has 1 fully saturated rings. The molecule has 0 aromatic rings. The summed E-state index contributed by atoms with van der Waals surface area (Å²) in [4.78, 5) is 0. The molecule has 0 aliphatic carbocycles. The second-order valence-electron chi connectivity index (χ2n) is 9.22. The molecule has 0 spiro atoms. The Bertz CT molecular complexity index is 511. The maximum Gasteiger partial charge on any atom is 0.195 e. The molecular weight excluding hydrogens is 346 g/mol. The summed E-state index contributed by atoms with van der Waals surface area (Å²) in [6.45, 7) is 5.90. The molecule has 1 aliphatic heterocycles. The molecule has 26 heavy (non-hydrogen) atoms. The minimum atomic E-state index is -2.31. The van der Waals surface area contributed by atoms with Crippen LogP contribution in [0, 0.1) is 0 Å². The van der Waals surface area contributed by atoms with Crippen molar-refractivity contribution in [2.45, 2.75) is 75.2 Å². The van der Waals surface area contributed by atoms with Crippen molar-refractivity contribution in [3.63, 3.8) is 0 Å². The Morgan fingerprint density at radius 2 is 1.31 bits per heavy atom. The summed E-state index contributed by atoms with van der Waals surface area (Å²) in [6, 6.07) is 0. The van der Waals surface area contributed by atoms with Gasteiger partial charge < -0.3 is 44.6 Å². The van der Waals surface area contributed by atoms with E-state index in [2.05, 4.69) is 0 Å². The molecule has 1 aliphatic rings. The normalized spacial score (nSPS) is 46.8. The zero-order valence-corrected chi connectivity index (χ0v) is 17.0. The van der Waals surface area contributed by atoms with Crippen LogP contribution in [-0.4, -0.2) is 110 Å². The summed E-state index contributed by atoms with van der Waals surface area (Å²) >= 11 is 0. The van der Waals surface area contributed by atoms with Gasteiger partial charge >= 0.3 is 0 Å². The number of ether oxygens (including phenoxy) is 2. The van der Waals surface area contributed by atoms with Gasteiger partial charge in [0.05, 0.1) is 27.7 Å². The first kappa shape index (κ1) is 23.7. The third-order valence-corrected chi connectivity index (χ3v) is 5.85. The van der Waals surface area contributed by atoms with Crippen LogP contribution >= 0.6 is 0 Å². The van der Waals surface area contributed by atoms with Gasteiger partial charge in [-0.25, -0.2) is 0 Å². The predicted octanol–water partition coefficient (Wildman–Crippen LogP) is -1.86. The molecule has 1 heterocycles. The van der Waals surface area contributed by atoms with E-state index in [1.54, 1.807) is 0 Å². The third-order valence-electron chi connectivity index (χ3n) is 5.85. The largest absolute Gasteiger partial charge is 0.385 e. The van der Waals surface area contributed by atoms with Gasteiger partial charge in [0.2, 0.25) is 0 Å². The van der Waals surface area contributed by atoms with Crippen molar-refractivity contribution in [1.29, 1.82) is 0 Å². The van der Waals surface area contributed by atoms with Gasteiger partial charge in [0.25, 0.3) is 0 Å². The molecule has 0 aromatic carbocycles. The Kier molecular flexibility index (Phi) is 6.02. The first-order chi connectivity index (χ1) is 11.2. The second kappa shape index (κ2) is 6.61. The Morgan fingerprint density at radius 3 is 1.73 bits per heavy atom. The van der Waals surface area contributed by atoms with E-state index in [1.807, 2.05) is 21.1 Å². The highest BCUT2D eigenvalue weighted by molar-refractivity contribution is 5.21. The van der Waals surface area contributed by atoms with E-state index in [-0.39, 0.29) is 6.61 Å². The standard InChI is InChI=1S/C17H36NO8/c1-13(12(20)25-10-11(19)9-18(6,7)8)14(2,21)15(3,22)16(4,23)17(5,24)26-13/h11-12,19-24H,9-10H2,1-8H3/q+1/t11?,12?,13?,14-,15+,16?,17-/m0/s1. The van der Waals surface area contributed by atoms with Gasteiger partial charge in [-0.15, -0.1) is 0 Å². The van der Waals surface area contributed by atoms with Crippen LogP contribution in [0.15, 0.2) is 0 Å². The minimum absolute atomic E-state index is 0.258. The monoisotopic (exact) mass is 382 g/mol. The number of nitrogens with zero attached hydrogens (tertiary/aromatic N) is 1. The molecule has 9 heteroatoms. The molecule has 0 radical (unpaired) electrons. The fourth-order valence-corrected chi connectivity index (χ4v) is 3.36. The van der Waals surface area contributed by atoms with E-state index < -0.39 is 40.6 Å². The van der Waals surface area contributed by atoms with E-state index in [1.165, 1.54) is 13.8 Å². The highest BCUT2D eigenvalue weighted by Crippen LogP contribution is 2.53. The summed E-state index contributed by atoms with van der Waals surface area (Å²) in [5.74, 6) is -2.31. The number of likely N-dealkylation sites (N-methyl/N-ethyl adjacent to an activating group) is 1. The Labute approximate surface area is 155 Å². The van der Waals surface area contributed by atoms with Crippen molar-refractivity contribution < 1.29 is 44.6 Å². The zero-order chi connectivity index (χ0) is 21.0. The van der Waals surface area contributed by atoms with Crippen molar-refractivity contribution in [3.05, 3.63) is 0 Å². The molecular formula is C17H36NO8+. The summed E-state index contributed by atoms with van der Waals surface area (Å²) < 4.78 is 11.2. The molecule has 1 saturated heterocycles. The number of aliphatic hydroxyl groups is 6. The van der Waals surface area contributed by atoms with E-state index in [0.717, 1.165) is 20.8 Å². The van der Waals surface area contributed by atoms with Crippen LogP contribution in [0.25, 0.3) is 0 Å². The van der Waals surface area contributed by atoms with Crippen molar-refractivity contribution in [3.8, 4) is 0 Å². The molecule has 156 valence electrons. The highest BCUT2D eigenvalue weighted by Gasteiger charge is 2.75. The van der Waals surface area contributed by atoms with Gasteiger partial charge in [0, 0.05) is 0 Å². The fraction of sp³-hybridized carbons (Fsp3) is 1.00. The van der Waals surface area contributed by atoms with Gasteiger partial charge in [0.15, 0.2) is 17.7 Å². The van der Waals surface area contributed by atoms with Crippen LogP contribution in [0.1, 0.15) is 34.6 Å². The Morgan fingerprint density at radius 1 is 0.846 bits per heavy atom. The molecule has 6 N–H and O–H groups in total. The maximum absolute atomic E-state index is 11.0. The van der Waals surface area contributed by atoms with Crippen LogP contribution in [0.2, 0.25) is 0 Å². The van der Waals surface area contributed by atoms with Gasteiger partial charge in [-0.1, -0.05) is 0 Å². The van der Waals surface area contributed by atoms with E-state index in [4.69, 9.17) is 9.47 Å². The number of hydrogen-bond acceptors (Lipinski definition) is 8. The van der Waals surface area contributed by atoms with Crippen LogP contribution in [0.5, 0.6) is 0 Å². The molecule has 7 atom stereocenters. The van der Waals surface area contributed by atoms with E-state index in [9.17, 15) is 30.6 Å². The number of aliphatic hydroxyl groups excluding tert-OH is 2. The van der Waals surface area contributed by atoms with E-state index >= 15 is 0 Å². The molecule has 4 unspecified atom stereocenters. The lowest BCUT2D eigenvalue weighted by Crippen LogP contribution is -2.85. The van der Waals surface area contributed by atoms with Crippen molar-refractivity contribution in [1.82, 2.24) is 0 Å². The Balaban J connectivity index is 3.09. The average Bonchev–Trinajstić information content (AvgIpc) is 2.40. The first-order valence-electron chi connectivity index (χ1n) is 8.61. The topological polar surface area (TPSA) is 140 Å². The minimum Gasteiger partial charge on any atom is -0.385 e.